The second kappa shape index (κ2) is 13.5. The Bertz CT molecular complexity index is 867. The number of methoxy groups -OCH3 is 1. The van der Waals surface area contributed by atoms with Crippen molar-refractivity contribution in [2.45, 2.75) is 45.7 Å². The molecule has 3 N–H and O–H groups in total. The highest BCUT2D eigenvalue weighted by Crippen LogP contribution is 2.26. The molecule has 32 heavy (non-hydrogen) atoms. The third kappa shape index (κ3) is 7.85. The Morgan fingerprint density at radius 3 is 2.62 bits per heavy atom. The van der Waals surface area contributed by atoms with E-state index in [1.54, 1.807) is 13.2 Å². The van der Waals surface area contributed by atoms with Gasteiger partial charge in [-0.3, -0.25) is 9.89 Å². The number of halogens is 1. The van der Waals surface area contributed by atoms with E-state index in [1.165, 1.54) is 11.1 Å². The van der Waals surface area contributed by atoms with E-state index in [0.717, 1.165) is 57.0 Å². The molecule has 2 aromatic rings. The average Bonchev–Trinajstić information content (AvgIpc) is 2.78. The Morgan fingerprint density at radius 2 is 1.94 bits per heavy atom. The fourth-order valence-corrected chi connectivity index (χ4v) is 3.95. The largest absolute Gasteiger partial charge is 0.504 e. The molecule has 0 aliphatic carbocycles. The first-order chi connectivity index (χ1) is 15.1. The van der Waals surface area contributed by atoms with Crippen LogP contribution in [0.25, 0.3) is 0 Å². The van der Waals surface area contributed by atoms with Gasteiger partial charge in [0.1, 0.15) is 0 Å². The smallest absolute Gasteiger partial charge is 0.191 e. The summed E-state index contributed by atoms with van der Waals surface area (Å²) in [5, 5.41) is 16.7. The molecule has 0 unspecified atom stereocenters. The van der Waals surface area contributed by atoms with Gasteiger partial charge in [-0.1, -0.05) is 30.3 Å². The van der Waals surface area contributed by atoms with E-state index in [2.05, 4.69) is 53.6 Å². The number of phenols is 1. The highest BCUT2D eigenvalue weighted by molar-refractivity contribution is 14.0. The third-order valence-electron chi connectivity index (χ3n) is 5.84. The van der Waals surface area contributed by atoms with Crippen molar-refractivity contribution < 1.29 is 9.84 Å². The molecule has 1 aliphatic rings. The minimum Gasteiger partial charge on any atom is -0.504 e. The molecule has 7 heteroatoms. The van der Waals surface area contributed by atoms with Gasteiger partial charge in [0.25, 0.3) is 0 Å². The quantitative estimate of drug-likeness (QED) is 0.262. The molecule has 0 bridgehead atoms. The molecule has 0 spiro atoms. The molecule has 0 atom stereocenters. The Labute approximate surface area is 209 Å². The summed E-state index contributed by atoms with van der Waals surface area (Å²) >= 11 is 0. The number of guanidine groups is 1. The van der Waals surface area contributed by atoms with Crippen LogP contribution in [-0.4, -0.2) is 55.3 Å². The van der Waals surface area contributed by atoms with Crippen molar-refractivity contribution in [3.63, 3.8) is 0 Å². The van der Waals surface area contributed by atoms with Crippen LogP contribution in [-0.2, 0) is 13.0 Å². The maximum Gasteiger partial charge on any atom is 0.191 e. The highest BCUT2D eigenvalue weighted by atomic mass is 127. The average molecular weight is 553 g/mol. The van der Waals surface area contributed by atoms with E-state index in [1.807, 2.05) is 12.1 Å². The van der Waals surface area contributed by atoms with Crippen LogP contribution in [0, 0.1) is 6.92 Å². The fourth-order valence-electron chi connectivity index (χ4n) is 3.95. The zero-order valence-electron chi connectivity index (χ0n) is 19.4. The van der Waals surface area contributed by atoms with Crippen LogP contribution in [0.5, 0.6) is 11.5 Å². The molecule has 3 rings (SSSR count). The van der Waals surface area contributed by atoms with Gasteiger partial charge in [0.2, 0.25) is 0 Å². The van der Waals surface area contributed by atoms with E-state index in [9.17, 15) is 5.11 Å². The lowest BCUT2D eigenvalue weighted by molar-refractivity contribution is 0.198. The maximum absolute atomic E-state index is 9.74. The molecule has 176 valence electrons. The predicted molar refractivity (Wildman–Crippen MR) is 142 cm³/mol. The molecule has 0 saturated carbocycles. The number of rotatable bonds is 8. The highest BCUT2D eigenvalue weighted by Gasteiger charge is 2.20. The van der Waals surface area contributed by atoms with E-state index in [0.29, 0.717) is 18.3 Å². The van der Waals surface area contributed by atoms with E-state index < -0.39 is 0 Å². The van der Waals surface area contributed by atoms with Gasteiger partial charge in [-0.05, 0) is 61.9 Å². The van der Waals surface area contributed by atoms with Crippen LogP contribution in [0.15, 0.2) is 47.5 Å². The van der Waals surface area contributed by atoms with Crippen molar-refractivity contribution in [1.82, 2.24) is 15.5 Å². The molecular weight excluding hydrogens is 515 g/mol. The summed E-state index contributed by atoms with van der Waals surface area (Å²) in [5.41, 5.74) is 3.89. The van der Waals surface area contributed by atoms with Crippen LogP contribution in [0.4, 0.5) is 0 Å². The Morgan fingerprint density at radius 1 is 1.19 bits per heavy atom. The number of aliphatic imine (C=N–C) groups is 1. The minimum atomic E-state index is 0. The number of aromatic hydroxyl groups is 1. The predicted octanol–water partition coefficient (Wildman–Crippen LogP) is 4.09. The molecule has 1 fully saturated rings. The zero-order chi connectivity index (χ0) is 22.1. The number of aryl methyl sites for hydroxylation is 1. The van der Waals surface area contributed by atoms with Crippen molar-refractivity contribution in [3.8, 4) is 11.5 Å². The lowest BCUT2D eigenvalue weighted by Crippen LogP contribution is -2.48. The van der Waals surface area contributed by atoms with Crippen molar-refractivity contribution in [2.24, 2.45) is 4.99 Å². The topological polar surface area (TPSA) is 69.1 Å². The van der Waals surface area contributed by atoms with Gasteiger partial charge in [-0.15, -0.1) is 24.0 Å². The number of hydrogen-bond acceptors (Lipinski definition) is 4. The summed E-state index contributed by atoms with van der Waals surface area (Å²) in [7, 11) is 1.57. The van der Waals surface area contributed by atoms with E-state index in [-0.39, 0.29) is 29.7 Å². The number of nitrogens with one attached hydrogen (secondary N) is 2. The van der Waals surface area contributed by atoms with E-state index >= 15 is 0 Å². The van der Waals surface area contributed by atoms with E-state index in [4.69, 9.17) is 9.73 Å². The monoisotopic (exact) mass is 552 g/mol. The molecule has 6 nitrogen and oxygen atoms in total. The van der Waals surface area contributed by atoms with Crippen LogP contribution in [0.1, 0.15) is 36.5 Å². The first-order valence-corrected chi connectivity index (χ1v) is 11.3. The number of piperidine rings is 1. The molecule has 1 saturated heterocycles. The number of ether oxygens (including phenoxy) is 1. The summed E-state index contributed by atoms with van der Waals surface area (Å²) in [6.07, 6.45) is 3.03. The van der Waals surface area contributed by atoms with Crippen LogP contribution in [0.2, 0.25) is 0 Å². The normalized spacial score (nSPS) is 15.2. The van der Waals surface area contributed by atoms with Crippen LogP contribution in [0.3, 0.4) is 0 Å². The van der Waals surface area contributed by atoms with Crippen LogP contribution >= 0.6 is 24.0 Å². The van der Waals surface area contributed by atoms with Crippen LogP contribution < -0.4 is 15.4 Å². The second-order valence-corrected chi connectivity index (χ2v) is 8.14. The summed E-state index contributed by atoms with van der Waals surface area (Å²) in [6, 6.07) is 14.6. The molecule has 1 heterocycles. The van der Waals surface area contributed by atoms with Gasteiger partial charge in [-0.2, -0.15) is 0 Å². The first-order valence-electron chi connectivity index (χ1n) is 11.3. The van der Waals surface area contributed by atoms with Crippen molar-refractivity contribution in [2.75, 3.05) is 33.3 Å². The standard InChI is InChI=1S/C25H36N4O2.HI/c1-4-26-25(27-14-11-20-9-10-23(30)24(17-20)31-3)28-22-12-15-29(16-13-22)18-21-8-6-5-7-19(21)2;/h5-10,17,22,30H,4,11-16,18H2,1-3H3,(H2,26,27,28);1H. The van der Waals surface area contributed by atoms with Gasteiger partial charge in [0.05, 0.1) is 7.11 Å². The lowest BCUT2D eigenvalue weighted by Gasteiger charge is -2.33. The van der Waals surface area contributed by atoms with Gasteiger partial charge in [0.15, 0.2) is 17.5 Å². The summed E-state index contributed by atoms with van der Waals surface area (Å²) in [6.45, 7) is 9.02. The number of likely N-dealkylation sites (tertiary alicyclic amines) is 1. The maximum atomic E-state index is 9.74. The first kappa shape index (κ1) is 26.3. The summed E-state index contributed by atoms with van der Waals surface area (Å²) in [5.74, 6) is 1.55. The number of benzene rings is 2. The number of phenolic OH excluding ortho intramolecular Hbond substituents is 1. The zero-order valence-corrected chi connectivity index (χ0v) is 21.8. The number of hydrogen-bond donors (Lipinski definition) is 3. The molecule has 0 radical (unpaired) electrons. The fraction of sp³-hybridized carbons (Fsp3) is 0.480. The Balaban J connectivity index is 0.00000363. The van der Waals surface area contributed by atoms with Crippen molar-refractivity contribution >= 4 is 29.9 Å². The minimum absolute atomic E-state index is 0. The van der Waals surface area contributed by atoms with Gasteiger partial charge < -0.3 is 20.5 Å². The molecule has 2 aromatic carbocycles. The molecule has 0 amide bonds. The lowest BCUT2D eigenvalue weighted by atomic mass is 10.0. The van der Waals surface area contributed by atoms with Gasteiger partial charge in [0, 0.05) is 38.8 Å². The van der Waals surface area contributed by atoms with Crippen molar-refractivity contribution in [1.29, 1.82) is 0 Å². The summed E-state index contributed by atoms with van der Waals surface area (Å²) in [4.78, 5) is 7.30. The Hall–Kier alpha value is -2.00. The Kier molecular flexibility index (Phi) is 11.1. The van der Waals surface area contributed by atoms with Gasteiger partial charge >= 0.3 is 0 Å². The second-order valence-electron chi connectivity index (χ2n) is 8.14. The third-order valence-corrected chi connectivity index (χ3v) is 5.84. The molecular formula is C25H37IN4O2. The molecule has 0 aromatic heterocycles. The SMILES string of the molecule is CCNC(=NCCc1ccc(O)c(OC)c1)NC1CCN(Cc2ccccc2C)CC1.I. The number of nitrogens with zero attached hydrogens (tertiary/aromatic N) is 2. The molecule has 1 aliphatic heterocycles. The van der Waals surface area contributed by atoms with Gasteiger partial charge in [-0.25, -0.2) is 0 Å². The van der Waals surface area contributed by atoms with Crippen molar-refractivity contribution in [3.05, 3.63) is 59.2 Å². The summed E-state index contributed by atoms with van der Waals surface area (Å²) < 4.78 is 5.19.